The van der Waals surface area contributed by atoms with Gasteiger partial charge in [0, 0.05) is 45.6 Å². The molecular weight excluding hydrogens is 336 g/mol. The van der Waals surface area contributed by atoms with Crippen LogP contribution in [0.1, 0.15) is 27.3 Å². The number of hydrazone groups is 1. The highest BCUT2D eigenvalue weighted by molar-refractivity contribution is 6.30. The molecule has 1 aromatic carbocycles. The van der Waals surface area contributed by atoms with E-state index in [0.717, 1.165) is 22.6 Å². The number of pyridine rings is 1. The molecule has 0 aliphatic heterocycles. The molecule has 0 unspecified atom stereocenters. The molecule has 25 heavy (non-hydrogen) atoms. The molecular formula is C19H17ClN4O. The van der Waals surface area contributed by atoms with Crippen LogP contribution in [0.15, 0.2) is 60.0 Å². The molecule has 0 aliphatic rings. The first kappa shape index (κ1) is 16.9. The molecule has 0 aliphatic carbocycles. The van der Waals surface area contributed by atoms with Gasteiger partial charge in [-0.25, -0.2) is 5.43 Å². The van der Waals surface area contributed by atoms with Crippen molar-refractivity contribution in [2.24, 2.45) is 5.10 Å². The van der Waals surface area contributed by atoms with Crippen molar-refractivity contribution in [3.05, 3.63) is 82.4 Å². The van der Waals surface area contributed by atoms with Crippen LogP contribution < -0.4 is 5.43 Å². The van der Waals surface area contributed by atoms with Crippen molar-refractivity contribution in [3.63, 3.8) is 0 Å². The Labute approximate surface area is 151 Å². The minimum atomic E-state index is -0.282. The van der Waals surface area contributed by atoms with Crippen molar-refractivity contribution in [1.29, 1.82) is 0 Å². The molecule has 1 amide bonds. The van der Waals surface area contributed by atoms with Crippen molar-refractivity contribution in [3.8, 4) is 5.69 Å². The first-order valence-electron chi connectivity index (χ1n) is 7.74. The number of amides is 1. The zero-order valence-corrected chi connectivity index (χ0v) is 14.7. The molecule has 1 N–H and O–H groups in total. The van der Waals surface area contributed by atoms with Gasteiger partial charge in [0.2, 0.25) is 0 Å². The van der Waals surface area contributed by atoms with Gasteiger partial charge in [-0.15, -0.1) is 0 Å². The zero-order chi connectivity index (χ0) is 17.8. The summed E-state index contributed by atoms with van der Waals surface area (Å²) in [7, 11) is 0. The zero-order valence-electron chi connectivity index (χ0n) is 13.9. The van der Waals surface area contributed by atoms with Crippen molar-refractivity contribution in [1.82, 2.24) is 15.0 Å². The van der Waals surface area contributed by atoms with E-state index in [0.29, 0.717) is 10.6 Å². The van der Waals surface area contributed by atoms with Gasteiger partial charge in [-0.3, -0.25) is 9.78 Å². The van der Waals surface area contributed by atoms with Crippen molar-refractivity contribution >= 4 is 23.7 Å². The third kappa shape index (κ3) is 3.78. The van der Waals surface area contributed by atoms with E-state index in [2.05, 4.69) is 20.1 Å². The molecule has 3 rings (SSSR count). The van der Waals surface area contributed by atoms with Crippen molar-refractivity contribution in [2.45, 2.75) is 13.8 Å². The second-order valence-electron chi connectivity index (χ2n) is 5.57. The van der Waals surface area contributed by atoms with Gasteiger partial charge >= 0.3 is 0 Å². The summed E-state index contributed by atoms with van der Waals surface area (Å²) in [6, 6.07) is 12.6. The van der Waals surface area contributed by atoms with Gasteiger partial charge in [-0.2, -0.15) is 5.10 Å². The second-order valence-corrected chi connectivity index (χ2v) is 6.01. The van der Waals surface area contributed by atoms with E-state index in [1.54, 1.807) is 42.9 Å². The monoisotopic (exact) mass is 352 g/mol. The first-order chi connectivity index (χ1) is 12.1. The van der Waals surface area contributed by atoms with Crippen LogP contribution in [0.3, 0.4) is 0 Å². The Morgan fingerprint density at radius 1 is 1.16 bits per heavy atom. The quantitative estimate of drug-likeness (QED) is 0.571. The Morgan fingerprint density at radius 2 is 1.84 bits per heavy atom. The SMILES string of the molecule is Cc1cc(/C=N\NC(=O)c2ccc(Cl)cc2)c(C)n1-c1ccncc1. The molecule has 0 saturated carbocycles. The van der Waals surface area contributed by atoms with Crippen LogP contribution in [0.25, 0.3) is 5.69 Å². The fourth-order valence-electron chi connectivity index (χ4n) is 2.64. The van der Waals surface area contributed by atoms with Gasteiger partial charge in [0.15, 0.2) is 0 Å². The Kier molecular flexibility index (Phi) is 4.95. The Hall–Kier alpha value is -2.92. The molecule has 0 fully saturated rings. The largest absolute Gasteiger partial charge is 0.318 e. The maximum absolute atomic E-state index is 12.0. The summed E-state index contributed by atoms with van der Waals surface area (Å²) in [5.74, 6) is -0.282. The molecule has 0 atom stereocenters. The fraction of sp³-hybridized carbons (Fsp3) is 0.105. The molecule has 2 heterocycles. The number of carbonyl (C=O) groups excluding carboxylic acids is 1. The summed E-state index contributed by atoms with van der Waals surface area (Å²) in [5, 5.41) is 4.65. The Morgan fingerprint density at radius 3 is 2.52 bits per heavy atom. The summed E-state index contributed by atoms with van der Waals surface area (Å²) >= 11 is 5.82. The van der Waals surface area contributed by atoms with Crippen LogP contribution in [0, 0.1) is 13.8 Å². The molecule has 5 nitrogen and oxygen atoms in total. The molecule has 6 heteroatoms. The fourth-order valence-corrected chi connectivity index (χ4v) is 2.76. The van der Waals surface area contributed by atoms with E-state index >= 15 is 0 Å². The van der Waals surface area contributed by atoms with Crippen molar-refractivity contribution < 1.29 is 4.79 Å². The predicted octanol–water partition coefficient (Wildman–Crippen LogP) is 3.91. The van der Waals surface area contributed by atoms with Gasteiger partial charge < -0.3 is 4.57 Å². The lowest BCUT2D eigenvalue weighted by Crippen LogP contribution is -2.17. The van der Waals surface area contributed by atoms with Gasteiger partial charge in [0.05, 0.1) is 6.21 Å². The number of hydrogen-bond acceptors (Lipinski definition) is 3. The number of halogens is 1. The number of nitrogens with zero attached hydrogens (tertiary/aromatic N) is 3. The number of benzene rings is 1. The van der Waals surface area contributed by atoms with Gasteiger partial charge in [0.1, 0.15) is 0 Å². The van der Waals surface area contributed by atoms with Gasteiger partial charge in [-0.1, -0.05) is 11.6 Å². The lowest BCUT2D eigenvalue weighted by atomic mass is 10.2. The number of aromatic nitrogens is 2. The maximum atomic E-state index is 12.0. The number of carbonyl (C=O) groups is 1. The second kappa shape index (κ2) is 7.32. The van der Waals surface area contributed by atoms with Crippen LogP contribution in [0.5, 0.6) is 0 Å². The number of nitrogens with one attached hydrogen (secondary N) is 1. The van der Waals surface area contributed by atoms with E-state index in [1.165, 1.54) is 0 Å². The predicted molar refractivity (Wildman–Crippen MR) is 99.6 cm³/mol. The normalized spacial score (nSPS) is 11.0. The standard InChI is InChI=1S/C19H17ClN4O/c1-13-11-16(14(2)24(13)18-7-9-21-10-8-18)12-22-23-19(25)15-3-5-17(20)6-4-15/h3-12H,1-2H3,(H,23,25)/b22-12-. The topological polar surface area (TPSA) is 59.3 Å². The van der Waals surface area contributed by atoms with Crippen LogP contribution in [0.4, 0.5) is 0 Å². The summed E-state index contributed by atoms with van der Waals surface area (Å²) in [4.78, 5) is 16.1. The number of aryl methyl sites for hydroxylation is 1. The summed E-state index contributed by atoms with van der Waals surface area (Å²) in [5.41, 5.74) is 7.12. The highest BCUT2D eigenvalue weighted by Crippen LogP contribution is 2.19. The molecule has 0 bridgehead atoms. The van der Waals surface area contributed by atoms with E-state index in [4.69, 9.17) is 11.6 Å². The highest BCUT2D eigenvalue weighted by atomic mass is 35.5. The van der Waals surface area contributed by atoms with E-state index in [-0.39, 0.29) is 5.91 Å². The Bertz CT molecular complexity index is 915. The minimum absolute atomic E-state index is 0.282. The number of hydrogen-bond donors (Lipinski definition) is 1. The van der Waals surface area contributed by atoms with Crippen LogP contribution in [-0.2, 0) is 0 Å². The summed E-state index contributed by atoms with van der Waals surface area (Å²) < 4.78 is 2.12. The maximum Gasteiger partial charge on any atom is 0.271 e. The first-order valence-corrected chi connectivity index (χ1v) is 8.12. The molecule has 0 spiro atoms. The van der Waals surface area contributed by atoms with Crippen LogP contribution >= 0.6 is 11.6 Å². The van der Waals surface area contributed by atoms with Gasteiger partial charge in [0.25, 0.3) is 5.91 Å². The number of rotatable bonds is 4. The van der Waals surface area contributed by atoms with Crippen LogP contribution in [0.2, 0.25) is 5.02 Å². The summed E-state index contributed by atoms with van der Waals surface area (Å²) in [6.07, 6.45) is 5.16. The van der Waals surface area contributed by atoms with Gasteiger partial charge in [-0.05, 0) is 56.3 Å². The van der Waals surface area contributed by atoms with E-state index < -0.39 is 0 Å². The third-order valence-corrected chi connectivity index (χ3v) is 4.12. The molecule has 3 aromatic rings. The molecule has 2 aromatic heterocycles. The molecule has 0 radical (unpaired) electrons. The molecule has 126 valence electrons. The third-order valence-electron chi connectivity index (χ3n) is 3.87. The van der Waals surface area contributed by atoms with Crippen LogP contribution in [-0.4, -0.2) is 21.7 Å². The minimum Gasteiger partial charge on any atom is -0.318 e. The van der Waals surface area contributed by atoms with Crippen molar-refractivity contribution in [2.75, 3.05) is 0 Å². The Balaban J connectivity index is 1.76. The average molecular weight is 353 g/mol. The lowest BCUT2D eigenvalue weighted by Gasteiger charge is -2.08. The average Bonchev–Trinajstić information content (AvgIpc) is 2.90. The highest BCUT2D eigenvalue weighted by Gasteiger charge is 2.09. The smallest absolute Gasteiger partial charge is 0.271 e. The molecule has 0 saturated heterocycles. The summed E-state index contributed by atoms with van der Waals surface area (Å²) in [6.45, 7) is 4.03. The van der Waals surface area contributed by atoms with E-state index in [1.807, 2.05) is 32.0 Å². The lowest BCUT2D eigenvalue weighted by molar-refractivity contribution is 0.0955. The van der Waals surface area contributed by atoms with E-state index in [9.17, 15) is 4.79 Å².